The van der Waals surface area contributed by atoms with E-state index in [-0.39, 0.29) is 13.0 Å². The maximum Gasteiger partial charge on any atom is 0.306 e. The molecule has 0 aromatic rings. The first-order valence-corrected chi connectivity index (χ1v) is 35.1. The van der Waals surface area contributed by atoms with Gasteiger partial charge in [-0.25, -0.2) is 0 Å². The number of unbranched alkanes of at least 4 members (excludes halogenated alkanes) is 38. The second kappa shape index (κ2) is 59.7. The summed E-state index contributed by atoms with van der Waals surface area (Å²) < 4.78 is 17.7. The van der Waals surface area contributed by atoms with Gasteiger partial charge in [-0.3, -0.25) is 9.59 Å². The van der Waals surface area contributed by atoms with Crippen molar-refractivity contribution in [2.45, 2.75) is 372 Å². The maximum atomic E-state index is 13.5. The molecule has 1 aliphatic rings. The summed E-state index contributed by atoms with van der Waals surface area (Å²) in [5, 5.41) is 57.2. The first-order valence-electron chi connectivity index (χ1n) is 35.1. The quantitative estimate of drug-likeness (QED) is 0.0195. The molecule has 0 bridgehead atoms. The van der Waals surface area contributed by atoms with E-state index in [0.29, 0.717) is 19.3 Å². The summed E-state index contributed by atoms with van der Waals surface area (Å²) in [5.74, 6) is -1.20. The standard InChI is InChI=1S/C72H131NO10/c1-4-7-10-13-16-19-22-24-26-28-30-32-33-34-36-38-40-42-45-48-51-54-57-60-67(77)83-70-69(79)68(78)66(61-74)82-72(70)81-62-63(64(75)58-55-52-49-46-43-21-18-15-12-9-6-3)73-71(80)65(76)59-56-53-50-47-44-41-39-37-35-31-29-27-25-23-20-17-14-11-8-5-2/h16,19,24,26,30,32,34,36,55,58,63-66,68-70,72,74-76,78-79H,4-15,17-18,20-23,25,27-29,31,33,35,37-54,56-57,59-62H2,1-3H3,(H,73,80)/b19-16-,26-24-,32-30-,36-34-,58-55+. The van der Waals surface area contributed by atoms with E-state index in [9.17, 15) is 35.1 Å². The van der Waals surface area contributed by atoms with Gasteiger partial charge in [0.15, 0.2) is 12.4 Å². The van der Waals surface area contributed by atoms with E-state index < -0.39 is 67.4 Å². The molecule has 0 aromatic carbocycles. The van der Waals surface area contributed by atoms with Gasteiger partial charge >= 0.3 is 5.97 Å². The summed E-state index contributed by atoms with van der Waals surface area (Å²) >= 11 is 0. The Morgan fingerprint density at radius 2 is 0.831 bits per heavy atom. The largest absolute Gasteiger partial charge is 0.454 e. The van der Waals surface area contributed by atoms with Crippen LogP contribution in [0.5, 0.6) is 0 Å². The number of rotatable bonds is 60. The highest BCUT2D eigenvalue weighted by Crippen LogP contribution is 2.26. The third kappa shape index (κ3) is 47.2. The molecular formula is C72H131NO10. The lowest BCUT2D eigenvalue weighted by Gasteiger charge is -2.41. The van der Waals surface area contributed by atoms with Gasteiger partial charge in [-0.1, -0.05) is 306 Å². The average Bonchev–Trinajstić information content (AvgIpc) is 3.68. The smallest absolute Gasteiger partial charge is 0.306 e. The fourth-order valence-electron chi connectivity index (χ4n) is 10.9. The molecule has 1 rings (SSSR count). The molecule has 1 saturated heterocycles. The Morgan fingerprint density at radius 1 is 0.470 bits per heavy atom. The molecule has 8 atom stereocenters. The first-order chi connectivity index (χ1) is 40.7. The molecule has 0 aliphatic carbocycles. The van der Waals surface area contributed by atoms with Gasteiger partial charge in [-0.15, -0.1) is 0 Å². The molecule has 0 aromatic heterocycles. The predicted octanol–water partition coefficient (Wildman–Crippen LogP) is 17.7. The van der Waals surface area contributed by atoms with E-state index >= 15 is 0 Å². The maximum absolute atomic E-state index is 13.5. The number of nitrogens with one attached hydrogen (secondary N) is 1. The molecule has 484 valence electrons. The number of hydrogen-bond acceptors (Lipinski definition) is 10. The lowest BCUT2D eigenvalue weighted by Crippen LogP contribution is -2.61. The van der Waals surface area contributed by atoms with Crippen LogP contribution in [0.3, 0.4) is 0 Å². The van der Waals surface area contributed by atoms with E-state index in [1.807, 2.05) is 6.08 Å². The van der Waals surface area contributed by atoms with Gasteiger partial charge < -0.3 is 45.1 Å². The molecular weight excluding hydrogens is 1040 g/mol. The van der Waals surface area contributed by atoms with Gasteiger partial charge in [0, 0.05) is 6.42 Å². The Bertz CT molecular complexity index is 1580. The summed E-state index contributed by atoms with van der Waals surface area (Å²) in [7, 11) is 0. The number of carbonyl (C=O) groups is 2. The highest BCUT2D eigenvalue weighted by molar-refractivity contribution is 5.80. The highest BCUT2D eigenvalue weighted by atomic mass is 16.7. The van der Waals surface area contributed by atoms with Crippen LogP contribution in [0.1, 0.15) is 323 Å². The van der Waals surface area contributed by atoms with Gasteiger partial charge in [-0.2, -0.15) is 0 Å². The molecule has 0 saturated carbocycles. The van der Waals surface area contributed by atoms with Crippen LogP contribution in [-0.4, -0.2) is 99.6 Å². The van der Waals surface area contributed by atoms with Crippen molar-refractivity contribution >= 4 is 11.9 Å². The van der Waals surface area contributed by atoms with Gasteiger partial charge in [0.25, 0.3) is 0 Å². The summed E-state index contributed by atoms with van der Waals surface area (Å²) in [6.45, 7) is 5.79. The lowest BCUT2D eigenvalue weighted by atomic mass is 9.99. The number of hydrogen-bond donors (Lipinski definition) is 6. The van der Waals surface area contributed by atoms with Crippen molar-refractivity contribution in [3.8, 4) is 0 Å². The van der Waals surface area contributed by atoms with Crippen molar-refractivity contribution in [3.63, 3.8) is 0 Å². The minimum absolute atomic E-state index is 0.111. The zero-order valence-electron chi connectivity index (χ0n) is 53.8. The summed E-state index contributed by atoms with van der Waals surface area (Å²) in [6.07, 6.45) is 65.4. The number of amides is 1. The van der Waals surface area contributed by atoms with Crippen LogP contribution in [0.25, 0.3) is 0 Å². The van der Waals surface area contributed by atoms with Crippen molar-refractivity contribution in [1.29, 1.82) is 0 Å². The molecule has 6 N–H and O–H groups in total. The molecule has 11 heteroatoms. The van der Waals surface area contributed by atoms with Crippen LogP contribution in [0.15, 0.2) is 60.8 Å². The number of esters is 1. The summed E-state index contributed by atoms with van der Waals surface area (Å²) in [5.41, 5.74) is 0. The molecule has 0 spiro atoms. The van der Waals surface area contributed by atoms with Crippen LogP contribution in [0.2, 0.25) is 0 Å². The van der Waals surface area contributed by atoms with E-state index in [4.69, 9.17) is 14.2 Å². The van der Waals surface area contributed by atoms with Crippen LogP contribution >= 0.6 is 0 Å². The van der Waals surface area contributed by atoms with Gasteiger partial charge in [-0.05, 0) is 70.6 Å². The number of aliphatic hydroxyl groups is 5. The van der Waals surface area contributed by atoms with Gasteiger partial charge in [0.1, 0.15) is 24.4 Å². The predicted molar refractivity (Wildman–Crippen MR) is 347 cm³/mol. The molecule has 0 radical (unpaired) electrons. The van der Waals surface area contributed by atoms with Crippen LogP contribution < -0.4 is 5.32 Å². The van der Waals surface area contributed by atoms with Crippen LogP contribution in [-0.2, 0) is 23.8 Å². The van der Waals surface area contributed by atoms with Crippen molar-refractivity contribution in [2.24, 2.45) is 0 Å². The fourth-order valence-corrected chi connectivity index (χ4v) is 10.9. The Hall–Kier alpha value is -2.64. The minimum atomic E-state index is -1.62. The monoisotopic (exact) mass is 1170 g/mol. The number of ether oxygens (including phenoxy) is 3. The number of allylic oxidation sites excluding steroid dienone is 9. The van der Waals surface area contributed by atoms with E-state index in [0.717, 1.165) is 103 Å². The van der Waals surface area contributed by atoms with Gasteiger partial charge in [0.2, 0.25) is 5.91 Å². The van der Waals surface area contributed by atoms with Crippen molar-refractivity contribution < 1.29 is 49.3 Å². The number of carbonyl (C=O) groups excluding carboxylic acids is 2. The Labute approximate surface area is 509 Å². The Balaban J connectivity index is 2.58. The molecule has 1 aliphatic heterocycles. The second-order valence-electron chi connectivity index (χ2n) is 24.3. The Kier molecular flexibility index (Phi) is 56.4. The zero-order chi connectivity index (χ0) is 60.3. The van der Waals surface area contributed by atoms with E-state index in [2.05, 4.69) is 74.7 Å². The Morgan fingerprint density at radius 3 is 1.27 bits per heavy atom. The normalized spacial score (nSPS) is 18.9. The average molecular weight is 1170 g/mol. The van der Waals surface area contributed by atoms with E-state index in [1.54, 1.807) is 6.08 Å². The second-order valence-corrected chi connectivity index (χ2v) is 24.3. The minimum Gasteiger partial charge on any atom is -0.454 e. The lowest BCUT2D eigenvalue weighted by molar-refractivity contribution is -0.305. The molecule has 83 heavy (non-hydrogen) atoms. The molecule has 1 heterocycles. The molecule has 8 unspecified atom stereocenters. The molecule has 1 amide bonds. The third-order valence-electron chi connectivity index (χ3n) is 16.4. The summed E-state index contributed by atoms with van der Waals surface area (Å²) in [6, 6.07) is -1.03. The van der Waals surface area contributed by atoms with Crippen molar-refractivity contribution in [3.05, 3.63) is 60.8 Å². The van der Waals surface area contributed by atoms with E-state index in [1.165, 1.54) is 173 Å². The SMILES string of the molecule is CCCCC/C=C\C/C=C\C/C=C\C/C=C\CCCCCCCCCC(=O)OC1C(OCC(NC(=O)C(O)CCCCCCCCCCCCCCCCCCCCCC)C(O)/C=C/CCCCCCCCCCC)OC(CO)C(O)C1O. The van der Waals surface area contributed by atoms with Crippen LogP contribution in [0.4, 0.5) is 0 Å². The molecule has 1 fully saturated rings. The molecule has 11 nitrogen and oxygen atoms in total. The van der Waals surface area contributed by atoms with Crippen molar-refractivity contribution in [1.82, 2.24) is 5.32 Å². The highest BCUT2D eigenvalue weighted by Gasteiger charge is 2.47. The zero-order valence-corrected chi connectivity index (χ0v) is 53.8. The first kappa shape index (κ1) is 78.4. The van der Waals surface area contributed by atoms with Crippen LogP contribution in [0, 0.1) is 0 Å². The summed E-state index contributed by atoms with van der Waals surface area (Å²) in [4.78, 5) is 26.6. The topological polar surface area (TPSA) is 175 Å². The number of aliphatic hydroxyl groups excluding tert-OH is 5. The fraction of sp³-hybridized carbons (Fsp3) is 0.833. The van der Waals surface area contributed by atoms with Crippen molar-refractivity contribution in [2.75, 3.05) is 13.2 Å². The van der Waals surface area contributed by atoms with Gasteiger partial charge in [0.05, 0.1) is 25.4 Å². The third-order valence-corrected chi connectivity index (χ3v) is 16.4.